The summed E-state index contributed by atoms with van der Waals surface area (Å²) in [5.74, 6) is 0.393. The number of esters is 1. The van der Waals surface area contributed by atoms with E-state index in [1.54, 1.807) is 6.07 Å². The molecule has 0 spiro atoms. The highest BCUT2D eigenvalue weighted by atomic mass is 16.5. The maximum atomic E-state index is 12.2. The van der Waals surface area contributed by atoms with Gasteiger partial charge in [0.2, 0.25) is 0 Å². The highest BCUT2D eigenvalue weighted by Gasteiger charge is 2.21. The smallest absolute Gasteiger partial charge is 0.305 e. The zero-order valence-corrected chi connectivity index (χ0v) is 14.2. The normalized spacial score (nSPS) is 11.1. The number of Topliss-reactive ketones (excluding diaryl/α,β-unsaturated/α-hetero) is 1. The van der Waals surface area contributed by atoms with E-state index < -0.39 is 0 Å². The molecule has 22 heavy (non-hydrogen) atoms. The van der Waals surface area contributed by atoms with E-state index in [1.165, 1.54) is 7.11 Å². The van der Waals surface area contributed by atoms with Crippen molar-refractivity contribution < 1.29 is 19.1 Å². The molecule has 0 aliphatic heterocycles. The lowest BCUT2D eigenvalue weighted by Gasteiger charge is -2.23. The van der Waals surface area contributed by atoms with Crippen LogP contribution in [0, 0.1) is 0 Å². The van der Waals surface area contributed by atoms with Gasteiger partial charge >= 0.3 is 5.97 Å². The predicted molar refractivity (Wildman–Crippen MR) is 86.5 cm³/mol. The van der Waals surface area contributed by atoms with Crippen molar-refractivity contribution in [3.8, 4) is 5.75 Å². The second-order valence-electron chi connectivity index (χ2n) is 6.31. The molecule has 0 atom stereocenters. The Morgan fingerprint density at radius 3 is 2.36 bits per heavy atom. The van der Waals surface area contributed by atoms with Gasteiger partial charge in [0.15, 0.2) is 5.78 Å². The summed E-state index contributed by atoms with van der Waals surface area (Å²) in [6, 6.07) is 5.49. The average Bonchev–Trinajstić information content (AvgIpc) is 2.49. The maximum Gasteiger partial charge on any atom is 0.305 e. The Kier molecular flexibility index (Phi) is 6.60. The number of hydrogen-bond donors (Lipinski definition) is 0. The minimum Gasteiger partial charge on any atom is -0.493 e. The van der Waals surface area contributed by atoms with Gasteiger partial charge in [0, 0.05) is 17.5 Å². The molecule has 0 aliphatic rings. The van der Waals surface area contributed by atoms with E-state index in [2.05, 4.69) is 32.4 Å². The molecular formula is C18H26O4. The molecule has 0 saturated carbocycles. The number of rotatable bonds is 7. The lowest BCUT2D eigenvalue weighted by molar-refractivity contribution is -0.140. The van der Waals surface area contributed by atoms with Gasteiger partial charge in [-0.25, -0.2) is 0 Å². The van der Waals surface area contributed by atoms with E-state index in [9.17, 15) is 9.59 Å². The highest BCUT2D eigenvalue weighted by molar-refractivity contribution is 5.97. The van der Waals surface area contributed by atoms with Crippen LogP contribution in [-0.4, -0.2) is 25.5 Å². The molecule has 0 heterocycles. The lowest BCUT2D eigenvalue weighted by atomic mass is 9.84. The van der Waals surface area contributed by atoms with Crippen LogP contribution in [0.2, 0.25) is 0 Å². The summed E-state index contributed by atoms with van der Waals surface area (Å²) in [4.78, 5) is 23.4. The van der Waals surface area contributed by atoms with Crippen LogP contribution in [0.1, 0.15) is 62.9 Å². The van der Waals surface area contributed by atoms with Gasteiger partial charge in [-0.1, -0.05) is 27.7 Å². The van der Waals surface area contributed by atoms with Crippen LogP contribution in [0.3, 0.4) is 0 Å². The summed E-state index contributed by atoms with van der Waals surface area (Å²) < 4.78 is 10.3. The largest absolute Gasteiger partial charge is 0.493 e. The minimum absolute atomic E-state index is 0.0575. The van der Waals surface area contributed by atoms with Crippen molar-refractivity contribution in [2.45, 2.75) is 52.4 Å². The number of benzene rings is 1. The third-order valence-electron chi connectivity index (χ3n) is 3.36. The molecule has 1 aromatic carbocycles. The Bertz CT molecular complexity index is 526. The van der Waals surface area contributed by atoms with E-state index in [0.29, 0.717) is 12.2 Å². The van der Waals surface area contributed by atoms with Crippen molar-refractivity contribution in [2.24, 2.45) is 0 Å². The number of ether oxygens (including phenoxy) is 2. The number of hydrogen-bond acceptors (Lipinski definition) is 4. The monoisotopic (exact) mass is 306 g/mol. The summed E-state index contributed by atoms with van der Waals surface area (Å²) in [5, 5.41) is 0. The number of methoxy groups -OCH3 is 1. The molecule has 0 fully saturated rings. The van der Waals surface area contributed by atoms with Crippen LogP contribution in [0.5, 0.6) is 5.75 Å². The van der Waals surface area contributed by atoms with Gasteiger partial charge in [0.25, 0.3) is 0 Å². The van der Waals surface area contributed by atoms with Crippen molar-refractivity contribution in [1.29, 1.82) is 0 Å². The van der Waals surface area contributed by atoms with Crippen molar-refractivity contribution in [2.75, 3.05) is 13.7 Å². The fourth-order valence-corrected chi connectivity index (χ4v) is 2.09. The molecule has 0 N–H and O–H groups in total. The van der Waals surface area contributed by atoms with Crippen LogP contribution in [0.4, 0.5) is 0 Å². The topological polar surface area (TPSA) is 52.6 Å². The third-order valence-corrected chi connectivity index (χ3v) is 3.36. The molecule has 122 valence electrons. The zero-order valence-electron chi connectivity index (χ0n) is 14.2. The first-order valence-corrected chi connectivity index (χ1v) is 7.67. The molecule has 1 aromatic rings. The molecular weight excluding hydrogens is 280 g/mol. The first kappa shape index (κ1) is 18.2. The van der Waals surface area contributed by atoms with E-state index >= 15 is 0 Å². The van der Waals surface area contributed by atoms with Gasteiger partial charge in [-0.2, -0.15) is 0 Å². The molecule has 0 aliphatic carbocycles. The second-order valence-corrected chi connectivity index (χ2v) is 6.31. The minimum atomic E-state index is -0.368. The zero-order chi connectivity index (χ0) is 16.8. The van der Waals surface area contributed by atoms with Gasteiger partial charge in [-0.15, -0.1) is 0 Å². The summed E-state index contributed by atoms with van der Waals surface area (Å²) in [6.07, 6.45) is 1.20. The molecule has 0 amide bonds. The summed E-state index contributed by atoms with van der Waals surface area (Å²) >= 11 is 0. The summed E-state index contributed by atoms with van der Waals surface area (Å²) in [7, 11) is 1.32. The summed E-state index contributed by atoms with van der Waals surface area (Å²) in [6.45, 7) is 8.97. The van der Waals surface area contributed by atoms with E-state index in [1.807, 2.05) is 12.1 Å². The number of ketones is 1. The van der Waals surface area contributed by atoms with Crippen LogP contribution in [-0.2, 0) is 14.9 Å². The lowest BCUT2D eigenvalue weighted by Crippen LogP contribution is -2.15. The van der Waals surface area contributed by atoms with Gasteiger partial charge in [-0.05, 0) is 30.0 Å². The molecule has 0 unspecified atom stereocenters. The van der Waals surface area contributed by atoms with Crippen LogP contribution in [0.25, 0.3) is 0 Å². The average molecular weight is 306 g/mol. The second kappa shape index (κ2) is 7.97. The Balaban J connectivity index is 2.98. The Labute approximate surface area is 132 Å². The van der Waals surface area contributed by atoms with Crippen LogP contribution < -0.4 is 4.74 Å². The molecule has 4 nitrogen and oxygen atoms in total. The fraction of sp³-hybridized carbons (Fsp3) is 0.556. The van der Waals surface area contributed by atoms with E-state index in [4.69, 9.17) is 4.74 Å². The Morgan fingerprint density at radius 1 is 1.14 bits per heavy atom. The highest BCUT2D eigenvalue weighted by Crippen LogP contribution is 2.32. The van der Waals surface area contributed by atoms with Crippen LogP contribution in [0.15, 0.2) is 18.2 Å². The molecule has 0 bridgehead atoms. The quantitative estimate of drug-likeness (QED) is 0.566. The van der Waals surface area contributed by atoms with Crippen molar-refractivity contribution in [3.63, 3.8) is 0 Å². The fourth-order valence-electron chi connectivity index (χ4n) is 2.09. The Hall–Kier alpha value is -1.84. The SMILES string of the molecule is CCCOc1ccc(C(=O)CCC(=O)OC)cc1C(C)(C)C. The third kappa shape index (κ3) is 5.17. The number of carbonyl (C=O) groups is 2. The summed E-state index contributed by atoms with van der Waals surface area (Å²) in [5.41, 5.74) is 1.49. The van der Waals surface area contributed by atoms with Gasteiger partial charge in [0.1, 0.15) is 5.75 Å². The maximum absolute atomic E-state index is 12.2. The standard InChI is InChI=1S/C18H26O4/c1-6-11-22-16-9-7-13(12-14(16)18(2,3)4)15(19)8-10-17(20)21-5/h7,9,12H,6,8,10-11H2,1-5H3. The molecule has 0 aromatic heterocycles. The van der Waals surface area contributed by atoms with Gasteiger partial charge in [-0.3, -0.25) is 9.59 Å². The number of carbonyl (C=O) groups excluding carboxylic acids is 2. The van der Waals surface area contributed by atoms with E-state index in [0.717, 1.165) is 17.7 Å². The predicted octanol–water partition coefficient (Wildman–Crippen LogP) is 3.91. The first-order chi connectivity index (χ1) is 10.3. The van der Waals surface area contributed by atoms with Crippen LogP contribution >= 0.6 is 0 Å². The first-order valence-electron chi connectivity index (χ1n) is 7.67. The molecule has 0 radical (unpaired) electrons. The van der Waals surface area contributed by atoms with Crippen molar-refractivity contribution in [3.05, 3.63) is 29.3 Å². The van der Waals surface area contributed by atoms with Gasteiger partial charge < -0.3 is 9.47 Å². The van der Waals surface area contributed by atoms with Crippen molar-refractivity contribution >= 4 is 11.8 Å². The Morgan fingerprint density at radius 2 is 1.82 bits per heavy atom. The molecule has 4 heteroatoms. The molecule has 0 saturated heterocycles. The van der Waals surface area contributed by atoms with Crippen molar-refractivity contribution in [1.82, 2.24) is 0 Å². The van der Waals surface area contributed by atoms with E-state index in [-0.39, 0.29) is 30.0 Å². The van der Waals surface area contributed by atoms with Gasteiger partial charge in [0.05, 0.1) is 20.1 Å². The molecule has 1 rings (SSSR count).